The molecule has 0 heterocycles. The lowest BCUT2D eigenvalue weighted by molar-refractivity contribution is -0.190. The van der Waals surface area contributed by atoms with Gasteiger partial charge in [-0.3, -0.25) is 0 Å². The minimum absolute atomic E-state index is 0.00715. The number of hydrogen-bond donors (Lipinski definition) is 1. The number of methoxy groups -OCH3 is 5. The van der Waals surface area contributed by atoms with E-state index < -0.39 is 51.1 Å². The molecule has 0 aromatic carbocycles. The van der Waals surface area contributed by atoms with Crippen molar-refractivity contribution in [3.8, 4) is 0 Å². The minimum Gasteiger partial charge on any atom is -0.414 e. The summed E-state index contributed by atoms with van der Waals surface area (Å²) in [7, 11) is -0.224. The van der Waals surface area contributed by atoms with Gasteiger partial charge in [-0.1, -0.05) is 169 Å². The second-order valence-corrected chi connectivity index (χ2v) is 51.4. The highest BCUT2D eigenvalue weighted by Gasteiger charge is 2.52. The van der Waals surface area contributed by atoms with E-state index in [-0.39, 0.29) is 64.6 Å². The third-order valence-electron chi connectivity index (χ3n) is 20.9. The summed E-state index contributed by atoms with van der Waals surface area (Å²) < 4.78 is 61.4. The SMILES string of the molecule is C=CCC(C)(CC(OC)C(O[Si](C)(C)C(C)(C)C)C(CC(C)C/C(C)=C/CC(CC(O[Si](C(C)C)(C(C)C)C(C)C)C(C)C(O)C(C)=CC1CCC(O[Si](C(C)C)(C(C)C)C(C)C)C(OC)C1)O[Si](C)(C)C(C)(C)C)OC)C(OC)OC. The smallest absolute Gasteiger partial charge is 0.200 e. The van der Waals surface area contributed by atoms with Crippen molar-refractivity contribution >= 4 is 33.3 Å². The molecule has 0 amide bonds. The summed E-state index contributed by atoms with van der Waals surface area (Å²) in [6.07, 6.45) is 11.9. The van der Waals surface area contributed by atoms with Gasteiger partial charge in [-0.15, -0.1) is 6.58 Å². The first-order valence-electron chi connectivity index (χ1n) is 32.5. The van der Waals surface area contributed by atoms with Crippen LogP contribution in [-0.4, -0.2) is 129 Å². The van der Waals surface area contributed by atoms with Gasteiger partial charge in [0.25, 0.3) is 0 Å². The molecule has 0 radical (unpaired) electrons. The van der Waals surface area contributed by atoms with Crippen molar-refractivity contribution in [1.29, 1.82) is 0 Å². The lowest BCUT2D eigenvalue weighted by Crippen LogP contribution is -2.54. The molecule has 1 aliphatic rings. The fourth-order valence-electron chi connectivity index (χ4n) is 14.3. The fourth-order valence-corrected chi connectivity index (χ4v) is 28.3. The van der Waals surface area contributed by atoms with Gasteiger partial charge in [0, 0.05) is 46.9 Å². The predicted molar refractivity (Wildman–Crippen MR) is 361 cm³/mol. The van der Waals surface area contributed by atoms with Crippen LogP contribution in [0.4, 0.5) is 0 Å². The van der Waals surface area contributed by atoms with Crippen LogP contribution in [0.15, 0.2) is 36.0 Å². The zero-order valence-electron chi connectivity index (χ0n) is 59.8. The van der Waals surface area contributed by atoms with Crippen molar-refractivity contribution in [3.63, 3.8) is 0 Å². The van der Waals surface area contributed by atoms with Crippen molar-refractivity contribution in [2.24, 2.45) is 23.2 Å². The van der Waals surface area contributed by atoms with Gasteiger partial charge >= 0.3 is 0 Å². The second-order valence-electron chi connectivity index (χ2n) is 31.1. The van der Waals surface area contributed by atoms with Crippen LogP contribution < -0.4 is 0 Å². The van der Waals surface area contributed by atoms with Gasteiger partial charge in [0.2, 0.25) is 16.6 Å². The van der Waals surface area contributed by atoms with Crippen LogP contribution in [0, 0.1) is 23.2 Å². The van der Waals surface area contributed by atoms with Crippen molar-refractivity contribution in [3.05, 3.63) is 36.0 Å². The largest absolute Gasteiger partial charge is 0.414 e. The summed E-state index contributed by atoms with van der Waals surface area (Å²) in [6.45, 7) is 67.0. The Labute approximate surface area is 513 Å². The predicted octanol–water partition coefficient (Wildman–Crippen LogP) is 19.4. The quantitative estimate of drug-likeness (QED) is 0.0365. The van der Waals surface area contributed by atoms with E-state index in [0.29, 0.717) is 58.4 Å². The van der Waals surface area contributed by atoms with Gasteiger partial charge in [0.1, 0.15) is 0 Å². The second kappa shape index (κ2) is 34.0. The summed E-state index contributed by atoms with van der Waals surface area (Å²) in [5, 5.41) is 12.7. The van der Waals surface area contributed by atoms with E-state index in [1.54, 1.807) is 21.3 Å². The molecule has 1 rings (SSSR count). The van der Waals surface area contributed by atoms with Crippen LogP contribution in [0.2, 0.25) is 69.5 Å². The Balaban J connectivity index is 3.89. The Morgan fingerprint density at radius 1 is 0.598 bits per heavy atom. The monoisotopic (exact) mass is 1230 g/mol. The lowest BCUT2D eigenvalue weighted by Gasteiger charge is -2.48. The molecule has 1 saturated carbocycles. The van der Waals surface area contributed by atoms with Crippen LogP contribution in [0.5, 0.6) is 0 Å². The summed E-state index contributed by atoms with van der Waals surface area (Å²) in [5.41, 5.74) is 4.64. The molecule has 0 aliphatic heterocycles. The molecule has 0 saturated heterocycles. The van der Waals surface area contributed by atoms with E-state index in [4.69, 9.17) is 41.4 Å². The summed E-state index contributed by atoms with van der Waals surface area (Å²) >= 11 is 0. The molecule has 1 N–H and O–H groups in total. The number of aliphatic hydroxyl groups excluding tert-OH is 1. The van der Waals surface area contributed by atoms with Crippen LogP contribution in [-0.2, 0) is 41.4 Å². The van der Waals surface area contributed by atoms with E-state index in [0.717, 1.165) is 44.1 Å². The Morgan fingerprint density at radius 2 is 1.07 bits per heavy atom. The van der Waals surface area contributed by atoms with Crippen molar-refractivity contribution < 1.29 is 46.5 Å². The van der Waals surface area contributed by atoms with Crippen LogP contribution in [0.3, 0.4) is 0 Å². The summed E-state index contributed by atoms with van der Waals surface area (Å²) in [4.78, 5) is 0. The maximum absolute atomic E-state index is 12.7. The molecule has 0 aromatic rings. The van der Waals surface area contributed by atoms with E-state index in [1.807, 2.05) is 20.3 Å². The highest BCUT2D eigenvalue weighted by molar-refractivity contribution is 6.78. The van der Waals surface area contributed by atoms with Gasteiger partial charge in [0.05, 0.1) is 48.8 Å². The lowest BCUT2D eigenvalue weighted by atomic mass is 9.78. The number of allylic oxidation sites excluding steroid dienone is 3. The molecule has 0 spiro atoms. The Kier molecular flexibility index (Phi) is 33.1. The van der Waals surface area contributed by atoms with Gasteiger partial charge in [-0.05, 0) is 159 Å². The third kappa shape index (κ3) is 21.2. The average molecular weight is 1230 g/mol. The van der Waals surface area contributed by atoms with Crippen LogP contribution in [0.25, 0.3) is 0 Å². The highest BCUT2D eigenvalue weighted by Crippen LogP contribution is 2.49. The standard InChI is InChI=1S/C68H138O10Si4/c1-34-39-68(24,65(73-28)74-29)45-62(72-27)64(78-80(32,33)67(21,22)23)61(71-26)41-53(15)40-52(14)35-37-57(75-79(30,31)66(18,19)20)44-59(77-82(49(8)9,50(10)11)51(12)13)55(17)63(69)54(16)42-56-36-38-58(60(43-56)70-25)76-81(46(2)3,47(4)5)48(6)7/h34-35,42,46-51,53,55-65,69H,1,36-41,43-45H2,2-33H3/b52-35+,54-42?. The van der Waals surface area contributed by atoms with E-state index in [1.165, 1.54) is 5.57 Å². The first-order chi connectivity index (χ1) is 37.5. The highest BCUT2D eigenvalue weighted by atomic mass is 28.4. The molecule has 14 heteroatoms. The zero-order chi connectivity index (χ0) is 63.9. The van der Waals surface area contributed by atoms with Gasteiger partial charge in [-0.25, -0.2) is 0 Å². The van der Waals surface area contributed by atoms with E-state index in [9.17, 15) is 5.11 Å². The molecule has 0 bridgehead atoms. The maximum Gasteiger partial charge on any atom is 0.200 e. The van der Waals surface area contributed by atoms with Crippen LogP contribution in [0.1, 0.15) is 217 Å². The summed E-state index contributed by atoms with van der Waals surface area (Å²) in [5.74, 6) is 0.400. The molecule has 0 aromatic heterocycles. The fraction of sp³-hybridized carbons (Fsp3) is 0.912. The van der Waals surface area contributed by atoms with Crippen LogP contribution >= 0.6 is 0 Å². The van der Waals surface area contributed by atoms with Crippen molar-refractivity contribution in [1.82, 2.24) is 0 Å². The third-order valence-corrected chi connectivity index (χ3v) is 42.2. The first kappa shape index (κ1) is 79.7. The number of ether oxygens (including phenoxy) is 5. The molecular formula is C68H138O10Si4. The maximum atomic E-state index is 12.7. The minimum atomic E-state index is -2.43. The first-order valence-corrected chi connectivity index (χ1v) is 42.6. The van der Waals surface area contributed by atoms with Gasteiger partial charge < -0.3 is 46.5 Å². The normalized spacial score (nSPS) is 21.9. The Hall–Kier alpha value is -0.312. The molecule has 12 unspecified atom stereocenters. The number of hydrogen-bond acceptors (Lipinski definition) is 10. The topological polar surface area (TPSA) is 103 Å². The van der Waals surface area contributed by atoms with Crippen molar-refractivity contribution in [2.75, 3.05) is 35.5 Å². The Morgan fingerprint density at radius 3 is 1.49 bits per heavy atom. The molecular weight excluding hydrogens is 1090 g/mol. The Bertz CT molecular complexity index is 1840. The molecule has 1 fully saturated rings. The zero-order valence-corrected chi connectivity index (χ0v) is 63.8. The van der Waals surface area contributed by atoms with Gasteiger partial charge in [-0.2, -0.15) is 0 Å². The molecule has 486 valence electrons. The number of aliphatic hydroxyl groups is 1. The molecule has 10 nitrogen and oxygen atoms in total. The van der Waals surface area contributed by atoms with E-state index in [2.05, 4.69) is 204 Å². The average Bonchev–Trinajstić information content (AvgIpc) is 3.41. The molecule has 82 heavy (non-hydrogen) atoms. The van der Waals surface area contributed by atoms with E-state index >= 15 is 0 Å². The number of rotatable bonds is 38. The van der Waals surface area contributed by atoms with Gasteiger partial charge in [0.15, 0.2) is 22.9 Å². The molecule has 12 atom stereocenters. The summed E-state index contributed by atoms with van der Waals surface area (Å²) in [6, 6.07) is 0. The molecule has 1 aliphatic carbocycles. The van der Waals surface area contributed by atoms with Crippen molar-refractivity contribution in [2.45, 2.75) is 342 Å².